The molecule has 2 rings (SSSR count). The first kappa shape index (κ1) is 15.0. The summed E-state index contributed by atoms with van der Waals surface area (Å²) < 4.78 is 18.4. The van der Waals surface area contributed by atoms with Crippen molar-refractivity contribution in [3.8, 4) is 5.75 Å². The van der Waals surface area contributed by atoms with Crippen molar-refractivity contribution in [2.45, 2.75) is 6.04 Å². The van der Waals surface area contributed by atoms with Gasteiger partial charge in [-0.1, -0.05) is 30.3 Å². The molecular formula is C16H17FN2O2. The van der Waals surface area contributed by atoms with Gasteiger partial charge in [0.05, 0.1) is 7.11 Å². The Bertz CT molecular complexity index is 617. The van der Waals surface area contributed by atoms with Gasteiger partial charge in [-0.25, -0.2) is 4.39 Å². The summed E-state index contributed by atoms with van der Waals surface area (Å²) in [6.07, 6.45) is 0. The Kier molecular flexibility index (Phi) is 4.90. The minimum absolute atomic E-state index is 0.104. The lowest BCUT2D eigenvalue weighted by atomic mass is 10.1. The lowest BCUT2D eigenvalue weighted by Gasteiger charge is -2.13. The van der Waals surface area contributed by atoms with Crippen LogP contribution in [0.4, 0.5) is 4.39 Å². The van der Waals surface area contributed by atoms with E-state index in [1.165, 1.54) is 19.2 Å². The third-order valence-electron chi connectivity index (χ3n) is 3.12. The van der Waals surface area contributed by atoms with Crippen molar-refractivity contribution in [2.24, 2.45) is 5.73 Å². The van der Waals surface area contributed by atoms with E-state index >= 15 is 0 Å². The molecule has 2 aromatic carbocycles. The van der Waals surface area contributed by atoms with E-state index in [9.17, 15) is 9.18 Å². The van der Waals surface area contributed by atoms with E-state index in [1.54, 1.807) is 0 Å². The average Bonchev–Trinajstić information content (AvgIpc) is 2.53. The van der Waals surface area contributed by atoms with Gasteiger partial charge in [0.2, 0.25) is 0 Å². The number of halogens is 1. The van der Waals surface area contributed by atoms with Gasteiger partial charge in [0.15, 0.2) is 11.6 Å². The maximum absolute atomic E-state index is 13.5. The number of hydrogen-bond donors (Lipinski definition) is 2. The molecule has 0 heterocycles. The van der Waals surface area contributed by atoms with Crippen LogP contribution in [0, 0.1) is 5.82 Å². The zero-order valence-corrected chi connectivity index (χ0v) is 11.7. The van der Waals surface area contributed by atoms with E-state index in [-0.39, 0.29) is 29.8 Å². The lowest BCUT2D eigenvalue weighted by Crippen LogP contribution is -2.31. The van der Waals surface area contributed by atoms with Gasteiger partial charge >= 0.3 is 0 Å². The molecule has 0 aliphatic heterocycles. The van der Waals surface area contributed by atoms with Crippen LogP contribution >= 0.6 is 0 Å². The van der Waals surface area contributed by atoms with Crippen LogP contribution < -0.4 is 15.8 Å². The van der Waals surface area contributed by atoms with Gasteiger partial charge in [0, 0.05) is 18.2 Å². The van der Waals surface area contributed by atoms with E-state index in [1.807, 2.05) is 30.3 Å². The zero-order chi connectivity index (χ0) is 15.2. The highest BCUT2D eigenvalue weighted by Crippen LogP contribution is 2.17. The SMILES string of the molecule is COc1ccc(C(=O)NCC(N)c2ccccc2)cc1F. The molecule has 0 saturated heterocycles. The van der Waals surface area contributed by atoms with Crippen molar-refractivity contribution in [2.75, 3.05) is 13.7 Å². The van der Waals surface area contributed by atoms with E-state index in [2.05, 4.69) is 5.32 Å². The molecule has 5 heteroatoms. The highest BCUT2D eigenvalue weighted by Gasteiger charge is 2.12. The molecular weight excluding hydrogens is 271 g/mol. The smallest absolute Gasteiger partial charge is 0.251 e. The molecule has 1 unspecified atom stereocenters. The molecule has 1 atom stereocenters. The Hall–Kier alpha value is -2.40. The van der Waals surface area contributed by atoms with Crippen molar-refractivity contribution in [1.29, 1.82) is 0 Å². The molecule has 3 N–H and O–H groups in total. The first-order valence-corrected chi connectivity index (χ1v) is 6.54. The molecule has 110 valence electrons. The van der Waals surface area contributed by atoms with Crippen molar-refractivity contribution in [3.63, 3.8) is 0 Å². The Morgan fingerprint density at radius 2 is 2.00 bits per heavy atom. The summed E-state index contributed by atoms with van der Waals surface area (Å²) in [7, 11) is 1.37. The predicted octanol–water partition coefficient (Wildman–Crippen LogP) is 2.26. The zero-order valence-electron chi connectivity index (χ0n) is 11.7. The molecule has 0 aliphatic rings. The Morgan fingerprint density at radius 1 is 1.29 bits per heavy atom. The molecule has 0 aromatic heterocycles. The third-order valence-corrected chi connectivity index (χ3v) is 3.12. The molecule has 0 fully saturated rings. The first-order valence-electron chi connectivity index (χ1n) is 6.54. The normalized spacial score (nSPS) is 11.8. The van der Waals surface area contributed by atoms with Crippen LogP contribution in [-0.2, 0) is 0 Å². The highest BCUT2D eigenvalue weighted by molar-refractivity contribution is 5.94. The molecule has 2 aromatic rings. The van der Waals surface area contributed by atoms with E-state index in [4.69, 9.17) is 10.5 Å². The standard InChI is InChI=1S/C16H17FN2O2/c1-21-15-8-7-12(9-13(15)17)16(20)19-10-14(18)11-5-3-2-4-6-11/h2-9,14H,10,18H2,1H3,(H,19,20). The molecule has 4 nitrogen and oxygen atoms in total. The minimum Gasteiger partial charge on any atom is -0.494 e. The van der Waals surface area contributed by atoms with E-state index in [0.29, 0.717) is 0 Å². The van der Waals surface area contributed by atoms with Gasteiger partial charge < -0.3 is 15.8 Å². The average molecular weight is 288 g/mol. The van der Waals surface area contributed by atoms with Crippen LogP contribution in [0.1, 0.15) is 22.0 Å². The van der Waals surface area contributed by atoms with Gasteiger partial charge in [-0.3, -0.25) is 4.79 Å². The van der Waals surface area contributed by atoms with Crippen molar-refractivity contribution < 1.29 is 13.9 Å². The molecule has 0 bridgehead atoms. The summed E-state index contributed by atoms with van der Waals surface area (Å²) in [4.78, 5) is 12.0. The predicted molar refractivity (Wildman–Crippen MR) is 78.7 cm³/mol. The largest absolute Gasteiger partial charge is 0.494 e. The van der Waals surface area contributed by atoms with Crippen LogP contribution in [0.15, 0.2) is 48.5 Å². The number of carbonyl (C=O) groups excluding carboxylic acids is 1. The second kappa shape index (κ2) is 6.85. The lowest BCUT2D eigenvalue weighted by molar-refractivity contribution is 0.0950. The van der Waals surface area contributed by atoms with Crippen LogP contribution in [0.2, 0.25) is 0 Å². The number of rotatable bonds is 5. The highest BCUT2D eigenvalue weighted by atomic mass is 19.1. The fourth-order valence-corrected chi connectivity index (χ4v) is 1.93. The summed E-state index contributed by atoms with van der Waals surface area (Å²) >= 11 is 0. The maximum atomic E-state index is 13.5. The minimum atomic E-state index is -0.572. The molecule has 21 heavy (non-hydrogen) atoms. The number of carbonyl (C=O) groups is 1. The van der Waals surface area contributed by atoms with Crippen molar-refractivity contribution in [3.05, 3.63) is 65.5 Å². The number of amides is 1. The summed E-state index contributed by atoms with van der Waals surface area (Å²) in [6, 6.07) is 13.2. The van der Waals surface area contributed by atoms with Gasteiger partial charge in [-0.2, -0.15) is 0 Å². The Morgan fingerprint density at radius 3 is 2.62 bits per heavy atom. The maximum Gasteiger partial charge on any atom is 0.251 e. The van der Waals surface area contributed by atoms with Gasteiger partial charge in [-0.15, -0.1) is 0 Å². The Labute approximate surface area is 122 Å². The molecule has 0 saturated carbocycles. The van der Waals surface area contributed by atoms with Crippen molar-refractivity contribution in [1.82, 2.24) is 5.32 Å². The van der Waals surface area contributed by atoms with E-state index < -0.39 is 5.82 Å². The Balaban J connectivity index is 1.97. The van der Waals surface area contributed by atoms with Gasteiger partial charge in [0.25, 0.3) is 5.91 Å². The number of hydrogen-bond acceptors (Lipinski definition) is 3. The number of benzene rings is 2. The second-order valence-electron chi connectivity index (χ2n) is 4.58. The number of methoxy groups -OCH3 is 1. The summed E-state index contributed by atoms with van der Waals surface area (Å²) in [5, 5.41) is 2.69. The van der Waals surface area contributed by atoms with Crippen LogP contribution in [0.3, 0.4) is 0 Å². The second-order valence-corrected chi connectivity index (χ2v) is 4.58. The molecule has 1 amide bonds. The number of ether oxygens (including phenoxy) is 1. The van der Waals surface area contributed by atoms with Crippen LogP contribution in [0.5, 0.6) is 5.75 Å². The number of nitrogens with two attached hydrogens (primary N) is 1. The van der Waals surface area contributed by atoms with Crippen molar-refractivity contribution >= 4 is 5.91 Å². The first-order chi connectivity index (χ1) is 10.1. The topological polar surface area (TPSA) is 64.3 Å². The van der Waals surface area contributed by atoms with E-state index in [0.717, 1.165) is 11.6 Å². The monoisotopic (exact) mass is 288 g/mol. The molecule has 0 spiro atoms. The van der Waals surface area contributed by atoms with Gasteiger partial charge in [-0.05, 0) is 23.8 Å². The molecule has 0 radical (unpaired) electrons. The summed E-state index contributed by atoms with van der Waals surface area (Å²) in [5.74, 6) is -0.840. The number of nitrogens with one attached hydrogen (secondary N) is 1. The summed E-state index contributed by atoms with van der Waals surface area (Å²) in [6.45, 7) is 0.274. The van der Waals surface area contributed by atoms with Crippen LogP contribution in [0.25, 0.3) is 0 Å². The fraction of sp³-hybridized carbons (Fsp3) is 0.188. The molecule has 0 aliphatic carbocycles. The van der Waals surface area contributed by atoms with Crippen LogP contribution in [-0.4, -0.2) is 19.6 Å². The van der Waals surface area contributed by atoms with Gasteiger partial charge in [0.1, 0.15) is 0 Å². The summed E-state index contributed by atoms with van der Waals surface area (Å²) in [5.41, 5.74) is 7.15. The quantitative estimate of drug-likeness (QED) is 0.887. The fourth-order valence-electron chi connectivity index (χ4n) is 1.93. The third kappa shape index (κ3) is 3.79.